The van der Waals surface area contributed by atoms with Gasteiger partial charge in [0.15, 0.2) is 18.8 Å². The van der Waals surface area contributed by atoms with Crippen LogP contribution in [0.3, 0.4) is 0 Å². The first kappa shape index (κ1) is 24.5. The lowest BCUT2D eigenvalue weighted by Gasteiger charge is -2.39. The molecule has 0 unspecified atom stereocenters. The van der Waals surface area contributed by atoms with E-state index in [9.17, 15) is 0 Å². The molecule has 3 aliphatic rings. The van der Waals surface area contributed by atoms with Crippen LogP contribution in [0.25, 0.3) is 11.1 Å². The zero-order valence-electron chi connectivity index (χ0n) is 23.3. The van der Waals surface area contributed by atoms with E-state index in [4.69, 9.17) is 9.47 Å². The van der Waals surface area contributed by atoms with Crippen LogP contribution in [0.2, 0.25) is 0 Å². The maximum Gasteiger partial charge on any atom is 0.198 e. The monoisotopic (exact) mass is 571 g/mol. The van der Waals surface area contributed by atoms with Crippen LogP contribution in [-0.2, 0) is 0 Å². The molecular weight excluding hydrogens is 547 g/mol. The molecule has 203 valence electrons. The third-order valence-electron chi connectivity index (χ3n) is 8.14. The van der Waals surface area contributed by atoms with Gasteiger partial charge < -0.3 is 19.7 Å². The Bertz CT molecular complexity index is 2100. The predicted molar refractivity (Wildman–Crippen MR) is 177 cm³/mol. The first-order valence-electron chi connectivity index (χ1n) is 14.3. The number of aryl methyl sites for hydroxylation is 1. The third-order valence-corrected chi connectivity index (χ3v) is 9.24. The Balaban J connectivity index is 1.27. The lowest BCUT2D eigenvalue weighted by Crippen LogP contribution is -2.42. The van der Waals surface area contributed by atoms with Gasteiger partial charge in [-0.1, -0.05) is 77.9 Å². The minimum absolute atomic E-state index is 0.854. The van der Waals surface area contributed by atoms with Crippen molar-refractivity contribution < 1.29 is 9.47 Å². The van der Waals surface area contributed by atoms with E-state index in [1.165, 1.54) is 5.56 Å². The van der Waals surface area contributed by atoms with E-state index >= 15 is 0 Å². The van der Waals surface area contributed by atoms with E-state index in [0.717, 1.165) is 83.3 Å². The summed E-state index contributed by atoms with van der Waals surface area (Å²) in [6.45, 7) is 2.17. The molecule has 0 saturated carbocycles. The average molecular weight is 571 g/mol. The molecule has 1 N–H and O–H groups in total. The molecule has 3 aliphatic heterocycles. The fourth-order valence-electron chi connectivity index (χ4n) is 6.27. The summed E-state index contributed by atoms with van der Waals surface area (Å²) in [5.41, 5.74) is 11.0. The van der Waals surface area contributed by atoms with Gasteiger partial charge >= 0.3 is 0 Å². The second-order valence-electron chi connectivity index (χ2n) is 11.0. The van der Waals surface area contributed by atoms with E-state index in [2.05, 4.69) is 115 Å². The van der Waals surface area contributed by atoms with Crippen molar-refractivity contribution in [3.63, 3.8) is 0 Å². The van der Waals surface area contributed by atoms with Crippen LogP contribution in [0.4, 0.5) is 28.4 Å². The van der Waals surface area contributed by atoms with E-state index < -0.39 is 0 Å². The van der Waals surface area contributed by atoms with Crippen molar-refractivity contribution in [3.8, 4) is 34.1 Å². The molecule has 0 aliphatic carbocycles. The second kappa shape index (κ2) is 9.48. The maximum absolute atomic E-state index is 6.50. The predicted octanol–water partition coefficient (Wildman–Crippen LogP) is 9.21. The Morgan fingerprint density at radius 2 is 1.40 bits per heavy atom. The van der Waals surface area contributed by atoms with Crippen LogP contribution in [0.1, 0.15) is 5.56 Å². The quantitative estimate of drug-likeness (QED) is 0.214. The Morgan fingerprint density at radius 1 is 0.628 bits per heavy atom. The van der Waals surface area contributed by atoms with Gasteiger partial charge in [-0.3, -0.25) is 0 Å². The molecule has 3 heterocycles. The number of nitrogens with zero attached hydrogens (tertiary/aromatic N) is 1. The maximum atomic E-state index is 6.50. The number of rotatable bonds is 3. The normalized spacial score (nSPS) is 13.2. The molecule has 1 radical (unpaired) electrons. The summed E-state index contributed by atoms with van der Waals surface area (Å²) in [7, 11) is 2.30. The second-order valence-corrected chi connectivity index (χ2v) is 12.1. The number of anilines is 5. The largest absolute Gasteiger partial charge is 0.455 e. The molecule has 0 bridgehead atoms. The number of ether oxygens (including phenoxy) is 2. The minimum atomic E-state index is 0.854. The average Bonchev–Trinajstić information content (AvgIpc) is 3.04. The molecule has 6 aromatic rings. The molecule has 43 heavy (non-hydrogen) atoms. The van der Waals surface area contributed by atoms with Gasteiger partial charge in [0.25, 0.3) is 0 Å². The molecule has 0 aromatic heterocycles. The van der Waals surface area contributed by atoms with Crippen LogP contribution in [0.5, 0.6) is 23.0 Å². The molecule has 0 saturated heterocycles. The summed E-state index contributed by atoms with van der Waals surface area (Å²) < 4.78 is 12.9. The van der Waals surface area contributed by atoms with Crippen molar-refractivity contribution in [1.82, 2.24) is 0 Å². The van der Waals surface area contributed by atoms with Crippen molar-refractivity contribution >= 4 is 58.4 Å². The summed E-state index contributed by atoms with van der Waals surface area (Å²) in [6.07, 6.45) is 0. The van der Waals surface area contributed by atoms with Crippen LogP contribution in [0.15, 0.2) is 131 Å². The van der Waals surface area contributed by atoms with Gasteiger partial charge in [-0.25, -0.2) is 0 Å². The lowest BCUT2D eigenvalue weighted by atomic mass is 9.58. The van der Waals surface area contributed by atoms with Crippen LogP contribution >= 0.6 is 11.8 Å². The highest BCUT2D eigenvalue weighted by Gasteiger charge is 2.35. The Hall–Kier alpha value is -5.07. The Kier molecular flexibility index (Phi) is 5.41. The number of hydrogen-bond acceptors (Lipinski definition) is 5. The highest BCUT2D eigenvalue weighted by atomic mass is 32.2. The van der Waals surface area contributed by atoms with Crippen molar-refractivity contribution in [3.05, 3.63) is 127 Å². The zero-order chi connectivity index (χ0) is 28.5. The van der Waals surface area contributed by atoms with Gasteiger partial charge in [0.2, 0.25) is 0 Å². The van der Waals surface area contributed by atoms with Gasteiger partial charge in [0, 0.05) is 22.6 Å². The topological polar surface area (TPSA) is 33.7 Å². The molecule has 0 amide bonds. The van der Waals surface area contributed by atoms with Crippen molar-refractivity contribution in [1.29, 1.82) is 0 Å². The molecule has 4 nitrogen and oxygen atoms in total. The van der Waals surface area contributed by atoms with Gasteiger partial charge in [0.1, 0.15) is 11.5 Å². The molecule has 0 atom stereocenters. The molecule has 6 heteroatoms. The number of nitrogens with one attached hydrogen (secondary N) is 1. The van der Waals surface area contributed by atoms with E-state index in [1.54, 1.807) is 11.8 Å². The van der Waals surface area contributed by atoms with Crippen molar-refractivity contribution in [2.45, 2.75) is 16.7 Å². The molecular formula is C37H24BN2O2S. The van der Waals surface area contributed by atoms with Gasteiger partial charge in [-0.05, 0) is 84.2 Å². The molecule has 0 fully saturated rings. The highest BCUT2D eigenvalue weighted by molar-refractivity contribution is 7.99. The molecule has 9 rings (SSSR count). The zero-order valence-corrected chi connectivity index (χ0v) is 24.1. The van der Waals surface area contributed by atoms with E-state index in [1.807, 2.05) is 30.3 Å². The van der Waals surface area contributed by atoms with Gasteiger partial charge in [0.05, 0.1) is 21.2 Å². The van der Waals surface area contributed by atoms with E-state index in [-0.39, 0.29) is 0 Å². The number of para-hydroxylation sites is 5. The van der Waals surface area contributed by atoms with Gasteiger partial charge in [-0.2, -0.15) is 0 Å². The third kappa shape index (κ3) is 3.94. The van der Waals surface area contributed by atoms with Crippen molar-refractivity contribution in [2.75, 3.05) is 10.2 Å². The number of hydrogen-bond donors (Lipinski definition) is 1. The molecule has 0 spiro atoms. The summed E-state index contributed by atoms with van der Waals surface area (Å²) in [6, 6.07) is 42.1. The summed E-state index contributed by atoms with van der Waals surface area (Å²) in [4.78, 5) is 4.57. The van der Waals surface area contributed by atoms with E-state index in [0.29, 0.717) is 0 Å². The fraction of sp³-hybridized carbons (Fsp3) is 0.0270. The molecule has 6 aromatic carbocycles. The Morgan fingerprint density at radius 3 is 2.30 bits per heavy atom. The first-order valence-corrected chi connectivity index (χ1v) is 15.2. The van der Waals surface area contributed by atoms with Crippen LogP contribution in [-0.4, -0.2) is 7.28 Å². The lowest BCUT2D eigenvalue weighted by molar-refractivity contribution is 0.455. The smallest absolute Gasteiger partial charge is 0.198 e. The number of fused-ring (bicyclic) bond motifs is 6. The first-order chi connectivity index (χ1) is 21.2. The van der Waals surface area contributed by atoms with Crippen LogP contribution in [0, 0.1) is 6.92 Å². The Labute approximate surface area is 255 Å². The van der Waals surface area contributed by atoms with Crippen LogP contribution < -0.4 is 30.6 Å². The summed E-state index contributed by atoms with van der Waals surface area (Å²) in [5.74, 6) is 3.47. The van der Waals surface area contributed by atoms with Gasteiger partial charge in [-0.15, -0.1) is 0 Å². The summed E-state index contributed by atoms with van der Waals surface area (Å²) >= 11 is 1.74. The summed E-state index contributed by atoms with van der Waals surface area (Å²) in [5, 5.41) is 3.74. The fourth-order valence-corrected chi connectivity index (χ4v) is 7.24. The number of benzene rings is 6. The highest BCUT2D eigenvalue weighted by Crippen LogP contribution is 2.53. The SMILES string of the molecule is Cc1cc(-c2cc3c(cc2Nc2ccccc2)Sc2ccccc2O3)c2c(c1)N1c3ccccc3Oc3cccc(c31)[B]2. The minimum Gasteiger partial charge on any atom is -0.455 e. The standard InChI is InChI=1S/C37H24BN2O2S/c1-22-18-25(36-29(19-22)40-28-13-5-6-14-30(28)41-32-16-9-12-26(38-36)37(32)40)24-20-33-35(43-34-17-8-7-15-31(34)42-33)21-27(24)39-23-10-3-2-4-11-23/h2-21,39H,1H3. The van der Waals surface area contributed by atoms with Crippen molar-refractivity contribution in [2.24, 2.45) is 0 Å².